The van der Waals surface area contributed by atoms with E-state index < -0.39 is 0 Å². The summed E-state index contributed by atoms with van der Waals surface area (Å²) in [5, 5.41) is 3.25. The minimum atomic E-state index is 0.108. The van der Waals surface area contributed by atoms with Gasteiger partial charge in [-0.1, -0.05) is 24.3 Å². The lowest BCUT2D eigenvalue weighted by atomic mass is 10.0. The maximum absolute atomic E-state index is 12.6. The molecule has 5 heteroatoms. The maximum atomic E-state index is 12.6. The second-order valence-electron chi connectivity index (χ2n) is 7.11. The molecule has 0 bridgehead atoms. The molecular weight excluding hydrogens is 302 g/mol. The van der Waals surface area contributed by atoms with E-state index in [0.717, 1.165) is 65.1 Å². The number of piperidine rings is 1. The number of fused-ring (bicyclic) bond motifs is 1. The molecule has 0 aromatic heterocycles. The summed E-state index contributed by atoms with van der Waals surface area (Å²) in [5.41, 5.74) is 2.68. The van der Waals surface area contributed by atoms with Crippen LogP contribution in [0, 0.1) is 0 Å². The second kappa shape index (κ2) is 7.11. The number of carbonyl (C=O) groups excluding carboxylic acids is 1. The lowest BCUT2D eigenvalue weighted by Gasteiger charge is -2.40. The molecule has 0 radical (unpaired) electrons. The number of nitrogens with zero attached hydrogens (tertiary/aromatic N) is 2. The van der Waals surface area contributed by atoms with Crippen LogP contribution >= 0.6 is 0 Å². The van der Waals surface area contributed by atoms with Crippen molar-refractivity contribution in [2.75, 3.05) is 39.4 Å². The topological polar surface area (TPSA) is 44.8 Å². The maximum Gasteiger partial charge on any atom is 0.317 e. The normalized spacial score (nSPS) is 25.5. The number of benzene rings is 1. The van der Waals surface area contributed by atoms with Crippen LogP contribution in [0.25, 0.3) is 0 Å². The van der Waals surface area contributed by atoms with Crippen molar-refractivity contribution in [2.24, 2.45) is 0 Å². The van der Waals surface area contributed by atoms with Gasteiger partial charge < -0.3 is 15.0 Å². The van der Waals surface area contributed by atoms with E-state index in [2.05, 4.69) is 34.5 Å². The van der Waals surface area contributed by atoms with Crippen LogP contribution in [-0.4, -0.2) is 61.3 Å². The standard InChI is InChI=1S/C19H27N3O2/c23-19(20-18-6-5-15-3-1-2-4-17(15)18)22-9-7-16(8-10-22)21-11-13-24-14-12-21/h1-4,16,18H,5-14H2,(H,20,23)/t18-/m0/s1. The number of rotatable bonds is 2. The summed E-state index contributed by atoms with van der Waals surface area (Å²) in [4.78, 5) is 17.2. The lowest BCUT2D eigenvalue weighted by Crippen LogP contribution is -2.52. The summed E-state index contributed by atoms with van der Waals surface area (Å²) in [6.45, 7) is 5.50. The zero-order valence-corrected chi connectivity index (χ0v) is 14.2. The minimum Gasteiger partial charge on any atom is -0.379 e. The monoisotopic (exact) mass is 329 g/mol. The van der Waals surface area contributed by atoms with Crippen molar-refractivity contribution in [3.63, 3.8) is 0 Å². The van der Waals surface area contributed by atoms with E-state index in [0.29, 0.717) is 6.04 Å². The van der Waals surface area contributed by atoms with Crippen molar-refractivity contribution in [2.45, 2.75) is 37.8 Å². The Kier molecular flexibility index (Phi) is 4.72. The van der Waals surface area contributed by atoms with Gasteiger partial charge in [0.15, 0.2) is 0 Å². The van der Waals surface area contributed by atoms with E-state index in [1.807, 2.05) is 4.90 Å². The fourth-order valence-corrected chi connectivity index (χ4v) is 4.32. The zero-order chi connectivity index (χ0) is 16.4. The number of nitrogens with one attached hydrogen (secondary N) is 1. The Bertz CT molecular complexity index is 578. The van der Waals surface area contributed by atoms with Gasteiger partial charge >= 0.3 is 6.03 Å². The van der Waals surface area contributed by atoms with Crippen LogP contribution in [0.4, 0.5) is 4.79 Å². The van der Waals surface area contributed by atoms with Crippen molar-refractivity contribution >= 4 is 6.03 Å². The fraction of sp³-hybridized carbons (Fsp3) is 0.632. The molecule has 130 valence electrons. The first-order valence-corrected chi connectivity index (χ1v) is 9.26. The Morgan fingerprint density at radius 3 is 2.58 bits per heavy atom. The van der Waals surface area contributed by atoms with E-state index in [1.54, 1.807) is 0 Å². The highest BCUT2D eigenvalue weighted by Gasteiger charge is 2.30. The number of hydrogen-bond donors (Lipinski definition) is 1. The Balaban J connectivity index is 1.29. The summed E-state index contributed by atoms with van der Waals surface area (Å²) < 4.78 is 5.44. The summed E-state index contributed by atoms with van der Waals surface area (Å²) >= 11 is 0. The average molecular weight is 329 g/mol. The Morgan fingerprint density at radius 2 is 1.79 bits per heavy atom. The number of urea groups is 1. The highest BCUT2D eigenvalue weighted by molar-refractivity contribution is 5.75. The van der Waals surface area contributed by atoms with Gasteiger partial charge in [0.1, 0.15) is 0 Å². The molecule has 2 heterocycles. The number of likely N-dealkylation sites (tertiary alicyclic amines) is 1. The molecule has 1 aromatic carbocycles. The van der Waals surface area contributed by atoms with Crippen molar-refractivity contribution in [1.82, 2.24) is 15.1 Å². The highest BCUT2D eigenvalue weighted by Crippen LogP contribution is 2.31. The van der Waals surface area contributed by atoms with Gasteiger partial charge in [-0.3, -0.25) is 4.90 Å². The lowest BCUT2D eigenvalue weighted by molar-refractivity contribution is 0.00373. The molecule has 1 aliphatic carbocycles. The molecule has 0 spiro atoms. The molecular formula is C19H27N3O2. The molecule has 2 amide bonds. The molecule has 1 atom stereocenters. The smallest absolute Gasteiger partial charge is 0.317 e. The van der Waals surface area contributed by atoms with Crippen LogP contribution in [0.15, 0.2) is 24.3 Å². The van der Waals surface area contributed by atoms with Gasteiger partial charge in [0, 0.05) is 32.2 Å². The summed E-state index contributed by atoms with van der Waals surface area (Å²) in [6, 6.07) is 9.39. The summed E-state index contributed by atoms with van der Waals surface area (Å²) in [7, 11) is 0. The molecule has 4 rings (SSSR count). The van der Waals surface area contributed by atoms with E-state index in [-0.39, 0.29) is 12.1 Å². The molecule has 2 saturated heterocycles. The van der Waals surface area contributed by atoms with Gasteiger partial charge in [0.05, 0.1) is 19.3 Å². The first-order valence-electron chi connectivity index (χ1n) is 9.26. The number of carbonyl (C=O) groups is 1. The van der Waals surface area contributed by atoms with Gasteiger partial charge in [-0.2, -0.15) is 0 Å². The van der Waals surface area contributed by atoms with E-state index in [9.17, 15) is 4.79 Å². The largest absolute Gasteiger partial charge is 0.379 e. The number of hydrogen-bond acceptors (Lipinski definition) is 3. The number of aryl methyl sites for hydroxylation is 1. The van der Waals surface area contributed by atoms with Crippen molar-refractivity contribution in [3.8, 4) is 0 Å². The predicted molar refractivity (Wildman–Crippen MR) is 93.0 cm³/mol. The van der Waals surface area contributed by atoms with E-state index >= 15 is 0 Å². The van der Waals surface area contributed by atoms with Crippen LogP contribution in [0.1, 0.15) is 36.4 Å². The van der Waals surface area contributed by atoms with Gasteiger partial charge in [0.25, 0.3) is 0 Å². The molecule has 5 nitrogen and oxygen atoms in total. The molecule has 0 saturated carbocycles. The SMILES string of the molecule is O=C(N[C@H]1CCc2ccccc21)N1CCC(N2CCOCC2)CC1. The Morgan fingerprint density at radius 1 is 1.04 bits per heavy atom. The van der Waals surface area contributed by atoms with Gasteiger partial charge in [-0.05, 0) is 36.8 Å². The van der Waals surface area contributed by atoms with Crippen LogP contribution < -0.4 is 5.32 Å². The van der Waals surface area contributed by atoms with E-state index in [4.69, 9.17) is 4.74 Å². The molecule has 1 aromatic rings. The zero-order valence-electron chi connectivity index (χ0n) is 14.2. The molecule has 2 aliphatic heterocycles. The van der Waals surface area contributed by atoms with Gasteiger partial charge in [0.2, 0.25) is 0 Å². The number of morpholine rings is 1. The van der Waals surface area contributed by atoms with Gasteiger partial charge in [-0.15, -0.1) is 0 Å². The molecule has 1 N–H and O–H groups in total. The highest BCUT2D eigenvalue weighted by atomic mass is 16.5. The third-order valence-electron chi connectivity index (χ3n) is 5.74. The fourth-order valence-electron chi connectivity index (χ4n) is 4.32. The van der Waals surface area contributed by atoms with Crippen molar-refractivity contribution in [1.29, 1.82) is 0 Å². The van der Waals surface area contributed by atoms with Crippen molar-refractivity contribution in [3.05, 3.63) is 35.4 Å². The number of ether oxygens (including phenoxy) is 1. The van der Waals surface area contributed by atoms with Crippen LogP contribution in [0.2, 0.25) is 0 Å². The first kappa shape index (κ1) is 15.9. The molecule has 2 fully saturated rings. The number of amides is 2. The van der Waals surface area contributed by atoms with Crippen LogP contribution in [0.3, 0.4) is 0 Å². The van der Waals surface area contributed by atoms with E-state index in [1.165, 1.54) is 11.1 Å². The third kappa shape index (κ3) is 3.28. The van der Waals surface area contributed by atoms with Crippen molar-refractivity contribution < 1.29 is 9.53 Å². The van der Waals surface area contributed by atoms with Crippen LogP contribution in [0.5, 0.6) is 0 Å². The molecule has 3 aliphatic rings. The average Bonchev–Trinajstić information content (AvgIpc) is 3.06. The molecule has 24 heavy (non-hydrogen) atoms. The van der Waals surface area contributed by atoms with Crippen LogP contribution in [-0.2, 0) is 11.2 Å². The quantitative estimate of drug-likeness (QED) is 0.904. The minimum absolute atomic E-state index is 0.108. The summed E-state index contributed by atoms with van der Waals surface area (Å²) in [5.74, 6) is 0. The first-order chi connectivity index (χ1) is 11.8. The van der Waals surface area contributed by atoms with Gasteiger partial charge in [-0.25, -0.2) is 4.79 Å². The molecule has 0 unspecified atom stereocenters. The Labute approximate surface area is 144 Å². The Hall–Kier alpha value is -1.59. The second-order valence-corrected chi connectivity index (χ2v) is 7.11. The third-order valence-corrected chi connectivity index (χ3v) is 5.74. The summed E-state index contributed by atoms with van der Waals surface area (Å²) in [6.07, 6.45) is 4.25. The predicted octanol–water partition coefficient (Wildman–Crippen LogP) is 2.18.